The summed E-state index contributed by atoms with van der Waals surface area (Å²) in [5.74, 6) is -4.73. The number of benzene rings is 4. The summed E-state index contributed by atoms with van der Waals surface area (Å²) in [6.07, 6.45) is -1.23. The van der Waals surface area contributed by atoms with Crippen molar-refractivity contribution in [2.24, 2.45) is 5.92 Å². The number of Topliss-reactive ketones (excluding diaryl/α,β-unsaturated/α-hetero) is 2. The molecule has 0 aromatic heterocycles. The number of hydrogen-bond donors (Lipinski definition) is 1. The molecule has 0 radical (unpaired) electrons. The summed E-state index contributed by atoms with van der Waals surface area (Å²) in [7, 11) is 0. The van der Waals surface area contributed by atoms with Crippen LogP contribution in [0.25, 0.3) is 11.1 Å². The first-order valence-electron chi connectivity index (χ1n) is 12.3. The van der Waals surface area contributed by atoms with Crippen molar-refractivity contribution < 1.29 is 23.9 Å². The third-order valence-electron chi connectivity index (χ3n) is 6.81. The highest BCUT2D eigenvalue weighted by Gasteiger charge is 2.46. The number of cyclic esters (lactones) is 1. The van der Waals surface area contributed by atoms with Gasteiger partial charge in [0.25, 0.3) is 5.91 Å². The monoisotopic (exact) mass is 503 g/mol. The molecule has 2 atom stereocenters. The Hall–Kier alpha value is -4.84. The van der Waals surface area contributed by atoms with Crippen molar-refractivity contribution in [1.82, 2.24) is 0 Å². The number of carbonyl (C=O) groups excluding carboxylic acids is 4. The second-order valence-corrected chi connectivity index (χ2v) is 9.25. The normalized spacial score (nSPS) is 14.8. The lowest BCUT2D eigenvalue weighted by Gasteiger charge is -2.22. The van der Waals surface area contributed by atoms with Gasteiger partial charge in [0.1, 0.15) is 12.0 Å². The van der Waals surface area contributed by atoms with Gasteiger partial charge in [0.2, 0.25) is 5.78 Å². The number of esters is 1. The molecule has 0 unspecified atom stereocenters. The number of para-hydroxylation sites is 1. The second kappa shape index (κ2) is 10.3. The fourth-order valence-electron chi connectivity index (χ4n) is 4.88. The first-order valence-corrected chi connectivity index (χ1v) is 12.3. The lowest BCUT2D eigenvalue weighted by molar-refractivity contribution is -0.138. The summed E-state index contributed by atoms with van der Waals surface area (Å²) in [6.45, 7) is 3.64. The predicted octanol–water partition coefficient (Wildman–Crippen LogP) is 5.89. The molecule has 4 aromatic rings. The Bertz CT molecular complexity index is 1550. The maximum Gasteiger partial charge on any atom is 0.339 e. The molecule has 0 bridgehead atoms. The second-order valence-electron chi connectivity index (χ2n) is 9.25. The number of fused-ring (bicyclic) bond motifs is 1. The van der Waals surface area contributed by atoms with Gasteiger partial charge in [-0.3, -0.25) is 14.4 Å². The highest BCUT2D eigenvalue weighted by atomic mass is 16.5. The standard InChI is InChI=1S/C32H25NO5/c1-19-11-10-12-20(2)27(19)33-31(36)29(35)26(30-24-17-8-9-18-25(24)32(37)38-30)28(34)23-16-7-6-15-22(23)21-13-4-3-5-14-21/h3-18,26,30H,1-2H3,(H,33,36)/t26-,30-/m0/s1. The molecule has 38 heavy (non-hydrogen) atoms. The number of ketones is 2. The first kappa shape index (κ1) is 24.8. The van der Waals surface area contributed by atoms with Crippen LogP contribution in [-0.4, -0.2) is 23.4 Å². The Labute approximate surface area is 220 Å². The number of amides is 1. The molecule has 0 saturated carbocycles. The van der Waals surface area contributed by atoms with Crippen LogP contribution in [0.15, 0.2) is 97.1 Å². The number of rotatable bonds is 7. The van der Waals surface area contributed by atoms with Crippen molar-refractivity contribution in [2.45, 2.75) is 20.0 Å². The van der Waals surface area contributed by atoms with Crippen LogP contribution in [0.4, 0.5) is 5.69 Å². The van der Waals surface area contributed by atoms with Gasteiger partial charge in [0.05, 0.1) is 5.56 Å². The molecule has 6 nitrogen and oxygen atoms in total. The van der Waals surface area contributed by atoms with Crippen LogP contribution in [0, 0.1) is 19.8 Å². The first-order chi connectivity index (χ1) is 18.4. The van der Waals surface area contributed by atoms with Crippen molar-refractivity contribution in [1.29, 1.82) is 0 Å². The summed E-state index contributed by atoms with van der Waals surface area (Å²) >= 11 is 0. The van der Waals surface area contributed by atoms with E-state index in [1.165, 1.54) is 0 Å². The Morgan fingerprint density at radius 1 is 0.737 bits per heavy atom. The van der Waals surface area contributed by atoms with E-state index in [4.69, 9.17) is 4.74 Å². The van der Waals surface area contributed by atoms with Crippen LogP contribution in [0.5, 0.6) is 0 Å². The average molecular weight is 504 g/mol. The number of ether oxygens (including phenoxy) is 1. The fourth-order valence-corrected chi connectivity index (χ4v) is 4.88. The molecule has 1 aliphatic heterocycles. The van der Waals surface area contributed by atoms with E-state index >= 15 is 0 Å². The molecule has 6 heteroatoms. The van der Waals surface area contributed by atoms with E-state index in [2.05, 4.69) is 5.32 Å². The van der Waals surface area contributed by atoms with Crippen molar-refractivity contribution in [3.05, 3.63) is 125 Å². The summed E-state index contributed by atoms with van der Waals surface area (Å²) in [4.78, 5) is 54.0. The quantitative estimate of drug-likeness (QED) is 0.147. The molecule has 188 valence electrons. The number of nitrogens with one attached hydrogen (secondary N) is 1. The molecule has 1 aliphatic rings. The molecule has 0 saturated heterocycles. The van der Waals surface area contributed by atoms with E-state index in [0.29, 0.717) is 16.8 Å². The minimum atomic E-state index is -1.57. The lowest BCUT2D eigenvalue weighted by Crippen LogP contribution is -2.38. The molecular weight excluding hydrogens is 478 g/mol. The van der Waals surface area contributed by atoms with Crippen LogP contribution in [0.2, 0.25) is 0 Å². The molecule has 1 heterocycles. The van der Waals surface area contributed by atoms with E-state index in [9.17, 15) is 19.2 Å². The third kappa shape index (κ3) is 4.52. The topological polar surface area (TPSA) is 89.5 Å². The Morgan fingerprint density at radius 2 is 1.34 bits per heavy atom. The summed E-state index contributed by atoms with van der Waals surface area (Å²) in [6, 6.07) is 28.3. The fraction of sp³-hybridized carbons (Fsp3) is 0.125. The average Bonchev–Trinajstić information content (AvgIpc) is 3.27. The molecular formula is C32H25NO5. The highest BCUT2D eigenvalue weighted by molar-refractivity contribution is 6.45. The molecule has 5 rings (SSSR count). The highest BCUT2D eigenvalue weighted by Crippen LogP contribution is 2.39. The van der Waals surface area contributed by atoms with Gasteiger partial charge < -0.3 is 10.1 Å². The van der Waals surface area contributed by atoms with E-state index in [-0.39, 0.29) is 11.1 Å². The number of aryl methyl sites for hydroxylation is 2. The molecule has 1 amide bonds. The van der Waals surface area contributed by atoms with E-state index in [1.807, 2.05) is 62.4 Å². The molecule has 1 N–H and O–H groups in total. The molecule has 4 aromatic carbocycles. The maximum absolute atomic E-state index is 14.2. The Balaban J connectivity index is 1.59. The largest absolute Gasteiger partial charge is 0.453 e. The maximum atomic E-state index is 14.2. The van der Waals surface area contributed by atoms with Crippen molar-refractivity contribution in [3.63, 3.8) is 0 Å². The van der Waals surface area contributed by atoms with Gasteiger partial charge in [0, 0.05) is 16.8 Å². The van der Waals surface area contributed by atoms with Gasteiger partial charge >= 0.3 is 5.97 Å². The zero-order valence-corrected chi connectivity index (χ0v) is 20.9. The van der Waals surface area contributed by atoms with Gasteiger partial charge in [-0.05, 0) is 42.2 Å². The molecule has 0 fully saturated rings. The zero-order chi connectivity index (χ0) is 26.8. The van der Waals surface area contributed by atoms with Crippen LogP contribution in [0.1, 0.15) is 43.5 Å². The summed E-state index contributed by atoms with van der Waals surface area (Å²) in [5, 5.41) is 2.69. The minimum absolute atomic E-state index is 0.261. The number of anilines is 1. The molecule has 0 spiro atoms. The van der Waals surface area contributed by atoms with Gasteiger partial charge in [-0.15, -0.1) is 0 Å². The van der Waals surface area contributed by atoms with E-state index in [1.54, 1.807) is 48.5 Å². The van der Waals surface area contributed by atoms with Crippen molar-refractivity contribution in [2.75, 3.05) is 5.32 Å². The van der Waals surface area contributed by atoms with Crippen LogP contribution < -0.4 is 5.32 Å². The number of hydrogen-bond acceptors (Lipinski definition) is 5. The van der Waals surface area contributed by atoms with Gasteiger partial charge in [-0.25, -0.2) is 4.79 Å². The lowest BCUT2D eigenvalue weighted by atomic mass is 9.82. The van der Waals surface area contributed by atoms with E-state index < -0.39 is 35.5 Å². The summed E-state index contributed by atoms with van der Waals surface area (Å²) in [5.41, 5.74) is 4.40. The van der Waals surface area contributed by atoms with Crippen molar-refractivity contribution >= 4 is 29.1 Å². The van der Waals surface area contributed by atoms with Gasteiger partial charge in [-0.2, -0.15) is 0 Å². The third-order valence-corrected chi connectivity index (χ3v) is 6.81. The Kier molecular flexibility index (Phi) is 6.71. The van der Waals surface area contributed by atoms with Gasteiger partial charge in [-0.1, -0.05) is 91.0 Å². The predicted molar refractivity (Wildman–Crippen MR) is 144 cm³/mol. The van der Waals surface area contributed by atoms with E-state index in [0.717, 1.165) is 16.7 Å². The summed E-state index contributed by atoms with van der Waals surface area (Å²) < 4.78 is 5.59. The zero-order valence-electron chi connectivity index (χ0n) is 20.9. The number of carbonyl (C=O) groups is 4. The van der Waals surface area contributed by atoms with Crippen LogP contribution in [-0.2, 0) is 14.3 Å². The smallest absolute Gasteiger partial charge is 0.339 e. The Morgan fingerprint density at radius 3 is 2.05 bits per heavy atom. The van der Waals surface area contributed by atoms with Crippen LogP contribution >= 0.6 is 0 Å². The molecule has 0 aliphatic carbocycles. The SMILES string of the molecule is Cc1cccc(C)c1NC(=O)C(=O)[C@H](C(=O)c1ccccc1-c1ccccc1)[C@H]1OC(=O)c2ccccc21. The van der Waals surface area contributed by atoms with Crippen LogP contribution in [0.3, 0.4) is 0 Å². The van der Waals surface area contributed by atoms with Crippen molar-refractivity contribution in [3.8, 4) is 11.1 Å². The van der Waals surface area contributed by atoms with Gasteiger partial charge in [0.15, 0.2) is 5.78 Å². The minimum Gasteiger partial charge on any atom is -0.453 e.